The Balaban J connectivity index is 1.89. The molecule has 0 aliphatic heterocycles. The van der Waals surface area contributed by atoms with Crippen molar-refractivity contribution >= 4 is 44.7 Å². The molecule has 0 aliphatic rings. The standard InChI is InChI=1S/C28H21Cl2F8N5O3S/c1-39-26-24(47(44,45)28(36,37)38)22(42-43(26)23-20(29)10-17(11-21(23)30)27(33,34)35)25(40-12-15-2-6-18(31)7-3-15)41-14-46-13-16-4-8-19(32)9-5-16/h2-11,39H,12-14H2,1H3,(H,40,41). The second-order valence-corrected chi connectivity index (χ2v) is 12.2. The van der Waals surface area contributed by atoms with Gasteiger partial charge in [-0.1, -0.05) is 47.5 Å². The number of nitrogens with one attached hydrogen (secondary N) is 2. The van der Waals surface area contributed by atoms with Gasteiger partial charge in [-0.2, -0.15) is 31.4 Å². The zero-order valence-electron chi connectivity index (χ0n) is 23.6. The van der Waals surface area contributed by atoms with E-state index in [1.54, 1.807) is 0 Å². The van der Waals surface area contributed by atoms with Gasteiger partial charge in [-0.3, -0.25) is 4.99 Å². The van der Waals surface area contributed by atoms with Crippen molar-refractivity contribution in [3.05, 3.63) is 105 Å². The predicted molar refractivity (Wildman–Crippen MR) is 157 cm³/mol. The van der Waals surface area contributed by atoms with Gasteiger partial charge >= 0.3 is 11.7 Å². The number of ether oxygens (including phenoxy) is 1. The maximum Gasteiger partial charge on any atom is 0.502 e. The molecule has 4 aromatic rings. The summed E-state index contributed by atoms with van der Waals surface area (Å²) in [6, 6.07) is 10.8. The lowest BCUT2D eigenvalue weighted by molar-refractivity contribution is -0.137. The second-order valence-electron chi connectivity index (χ2n) is 9.51. The Bertz CT molecular complexity index is 1860. The fourth-order valence-corrected chi connectivity index (χ4v) is 5.80. The van der Waals surface area contributed by atoms with Gasteiger partial charge in [-0.25, -0.2) is 21.9 Å². The third-order valence-electron chi connectivity index (χ3n) is 6.29. The number of anilines is 1. The van der Waals surface area contributed by atoms with Gasteiger partial charge in [0.25, 0.3) is 9.84 Å². The topological polar surface area (TPSA) is 97.6 Å². The molecule has 0 unspecified atom stereocenters. The average molecular weight is 730 g/mol. The zero-order valence-corrected chi connectivity index (χ0v) is 26.0. The normalized spacial score (nSPS) is 12.8. The van der Waals surface area contributed by atoms with E-state index in [1.807, 2.05) is 0 Å². The van der Waals surface area contributed by atoms with Gasteiger partial charge in [-0.05, 0) is 47.5 Å². The summed E-state index contributed by atoms with van der Waals surface area (Å²) >= 11 is 12.2. The predicted octanol–water partition coefficient (Wildman–Crippen LogP) is 7.52. The molecule has 4 rings (SSSR count). The Kier molecular flexibility index (Phi) is 10.7. The Labute approximate surface area is 271 Å². The first-order valence-corrected chi connectivity index (χ1v) is 15.2. The first kappa shape index (κ1) is 35.9. The van der Waals surface area contributed by atoms with Crippen LogP contribution in [0.2, 0.25) is 10.0 Å². The quantitative estimate of drug-likeness (QED) is 0.0577. The van der Waals surface area contributed by atoms with E-state index >= 15 is 0 Å². The van der Waals surface area contributed by atoms with Crippen LogP contribution >= 0.6 is 23.2 Å². The lowest BCUT2D eigenvalue weighted by Crippen LogP contribution is -2.31. The number of sulfone groups is 1. The molecule has 1 heterocycles. The summed E-state index contributed by atoms with van der Waals surface area (Å²) in [7, 11) is -5.23. The Hall–Kier alpha value is -3.93. The summed E-state index contributed by atoms with van der Waals surface area (Å²) in [5.41, 5.74) is -7.85. The molecule has 47 heavy (non-hydrogen) atoms. The number of hydrogen-bond donors (Lipinski definition) is 2. The first-order chi connectivity index (χ1) is 21.9. The van der Waals surface area contributed by atoms with Crippen LogP contribution in [0.5, 0.6) is 0 Å². The van der Waals surface area contributed by atoms with Gasteiger partial charge in [0.15, 0.2) is 5.84 Å². The molecule has 0 radical (unpaired) electrons. The smallest absolute Gasteiger partial charge is 0.372 e. The van der Waals surface area contributed by atoms with Crippen molar-refractivity contribution in [2.75, 3.05) is 19.1 Å². The van der Waals surface area contributed by atoms with Crippen LogP contribution in [0.3, 0.4) is 0 Å². The molecular formula is C28H21Cl2F8N5O3S. The van der Waals surface area contributed by atoms with Crippen LogP contribution in [0, 0.1) is 11.6 Å². The molecule has 0 saturated carbocycles. The number of nitrogens with zero attached hydrogens (tertiary/aromatic N) is 3. The highest BCUT2D eigenvalue weighted by Crippen LogP contribution is 2.42. The summed E-state index contributed by atoms with van der Waals surface area (Å²) in [5.74, 6) is -2.55. The van der Waals surface area contributed by atoms with E-state index in [1.165, 1.54) is 36.4 Å². The van der Waals surface area contributed by atoms with Crippen molar-refractivity contribution in [3.63, 3.8) is 0 Å². The van der Waals surface area contributed by atoms with Crippen LogP contribution in [0.25, 0.3) is 5.69 Å². The lowest BCUT2D eigenvalue weighted by Gasteiger charge is -2.15. The summed E-state index contributed by atoms with van der Waals surface area (Å²) in [6.45, 7) is -0.969. The summed E-state index contributed by atoms with van der Waals surface area (Å²) in [6.07, 6.45) is -4.91. The molecular weight excluding hydrogens is 709 g/mol. The van der Waals surface area contributed by atoms with Crippen LogP contribution in [-0.2, 0) is 33.9 Å². The highest BCUT2D eigenvalue weighted by atomic mass is 35.5. The molecule has 0 aliphatic carbocycles. The summed E-state index contributed by atoms with van der Waals surface area (Å²) in [4.78, 5) is 2.71. The van der Waals surface area contributed by atoms with Gasteiger partial charge in [0.2, 0.25) is 0 Å². The minimum absolute atomic E-state index is 0.126. The van der Waals surface area contributed by atoms with Gasteiger partial charge in [0.05, 0.1) is 28.8 Å². The summed E-state index contributed by atoms with van der Waals surface area (Å²) < 4.78 is 141. The van der Waals surface area contributed by atoms with E-state index < -0.39 is 83.4 Å². The molecule has 2 N–H and O–H groups in total. The number of benzene rings is 3. The second kappa shape index (κ2) is 14.0. The van der Waals surface area contributed by atoms with Gasteiger partial charge in [-0.15, -0.1) is 0 Å². The van der Waals surface area contributed by atoms with Gasteiger partial charge < -0.3 is 15.4 Å². The van der Waals surface area contributed by atoms with E-state index in [-0.39, 0.29) is 13.2 Å². The SMILES string of the molecule is CNc1c(S(=O)(=O)C(F)(F)F)c(C(=NCc2ccc(F)cc2)NCOCc2ccc(F)cc2)nn1-c1c(Cl)cc(C(F)(F)F)cc1Cl. The van der Waals surface area contributed by atoms with Crippen molar-refractivity contribution in [2.45, 2.75) is 29.7 Å². The molecule has 8 nitrogen and oxygen atoms in total. The van der Waals surface area contributed by atoms with Gasteiger partial charge in [0.1, 0.15) is 40.5 Å². The molecule has 0 atom stereocenters. The minimum Gasteiger partial charge on any atom is -0.372 e. The highest BCUT2D eigenvalue weighted by molar-refractivity contribution is 7.92. The van der Waals surface area contributed by atoms with Crippen LogP contribution in [0.15, 0.2) is 70.6 Å². The number of hydrogen-bond acceptors (Lipinski definition) is 6. The molecule has 0 fully saturated rings. The van der Waals surface area contributed by atoms with E-state index in [2.05, 4.69) is 20.7 Å². The number of amidine groups is 1. The molecule has 252 valence electrons. The fraction of sp³-hybridized carbons (Fsp3) is 0.214. The molecule has 0 bridgehead atoms. The maximum absolute atomic E-state index is 14.1. The Morgan fingerprint density at radius 2 is 1.45 bits per heavy atom. The number of alkyl halides is 6. The Morgan fingerprint density at radius 3 is 1.94 bits per heavy atom. The largest absolute Gasteiger partial charge is 0.502 e. The van der Waals surface area contributed by atoms with Crippen molar-refractivity contribution in [3.8, 4) is 5.69 Å². The third kappa shape index (κ3) is 8.14. The molecule has 1 aromatic heterocycles. The van der Waals surface area contributed by atoms with Crippen molar-refractivity contribution in [2.24, 2.45) is 4.99 Å². The number of aliphatic imine (C=N–C) groups is 1. The lowest BCUT2D eigenvalue weighted by atomic mass is 10.2. The molecule has 0 amide bonds. The van der Waals surface area contributed by atoms with E-state index in [0.29, 0.717) is 27.9 Å². The highest BCUT2D eigenvalue weighted by Gasteiger charge is 2.51. The van der Waals surface area contributed by atoms with Crippen LogP contribution in [-0.4, -0.2) is 43.3 Å². The monoisotopic (exact) mass is 729 g/mol. The van der Waals surface area contributed by atoms with Crippen molar-refractivity contribution in [1.29, 1.82) is 0 Å². The van der Waals surface area contributed by atoms with E-state index in [0.717, 1.165) is 19.2 Å². The maximum atomic E-state index is 14.1. The van der Waals surface area contributed by atoms with Crippen molar-refractivity contribution < 1.29 is 48.3 Å². The van der Waals surface area contributed by atoms with Crippen LogP contribution in [0.1, 0.15) is 22.4 Å². The molecule has 0 spiro atoms. The molecule has 0 saturated heterocycles. The van der Waals surface area contributed by atoms with E-state index in [9.17, 15) is 43.5 Å². The minimum atomic E-state index is -6.26. The van der Waals surface area contributed by atoms with Gasteiger partial charge in [0, 0.05) is 7.05 Å². The average Bonchev–Trinajstić information content (AvgIpc) is 3.36. The Morgan fingerprint density at radius 1 is 0.915 bits per heavy atom. The third-order valence-corrected chi connectivity index (χ3v) is 8.40. The first-order valence-electron chi connectivity index (χ1n) is 13.0. The molecule has 19 heteroatoms. The zero-order chi connectivity index (χ0) is 34.7. The summed E-state index contributed by atoms with van der Waals surface area (Å²) in [5, 5.41) is 7.38. The molecule has 3 aromatic carbocycles. The van der Waals surface area contributed by atoms with E-state index in [4.69, 9.17) is 27.9 Å². The number of aromatic nitrogens is 2. The van der Waals surface area contributed by atoms with Crippen LogP contribution in [0.4, 0.5) is 40.9 Å². The van der Waals surface area contributed by atoms with Crippen LogP contribution < -0.4 is 10.6 Å². The fourth-order valence-electron chi connectivity index (χ4n) is 4.09. The number of halogens is 10. The number of rotatable bonds is 10. The van der Waals surface area contributed by atoms with Crippen molar-refractivity contribution in [1.82, 2.24) is 15.1 Å².